The Hall–Kier alpha value is -3.17. The van der Waals surface area contributed by atoms with Gasteiger partial charge in [0.2, 0.25) is 5.95 Å². The number of H-pyrrole nitrogens is 1. The highest BCUT2D eigenvalue weighted by atomic mass is 19.4. The van der Waals surface area contributed by atoms with Gasteiger partial charge in [-0.05, 0) is 31.9 Å². The van der Waals surface area contributed by atoms with Crippen molar-refractivity contribution in [3.8, 4) is 5.95 Å². The number of aromatic amines is 1. The molecule has 0 saturated carbocycles. The summed E-state index contributed by atoms with van der Waals surface area (Å²) in [5.74, 6) is -1.58. The molecular formula is C19H18F3N5O2. The number of para-hydroxylation sites is 1. The Morgan fingerprint density at radius 1 is 1.21 bits per heavy atom. The second-order valence-corrected chi connectivity index (χ2v) is 7.07. The molecule has 0 bridgehead atoms. The van der Waals surface area contributed by atoms with Gasteiger partial charge in [-0.25, -0.2) is 9.67 Å². The molecule has 3 aromatic rings. The van der Waals surface area contributed by atoms with Crippen LogP contribution in [0.15, 0.2) is 35.3 Å². The molecule has 1 aliphatic rings. The first-order valence-electron chi connectivity index (χ1n) is 9.16. The Bertz CT molecular complexity index is 1130. The number of amides is 1. The lowest BCUT2D eigenvalue weighted by Gasteiger charge is -2.32. The highest BCUT2D eigenvalue weighted by Gasteiger charge is 2.42. The molecule has 29 heavy (non-hydrogen) atoms. The van der Waals surface area contributed by atoms with Crippen LogP contribution in [0.25, 0.3) is 16.9 Å². The third-order valence-electron chi connectivity index (χ3n) is 5.29. The zero-order valence-corrected chi connectivity index (χ0v) is 15.5. The Morgan fingerprint density at radius 2 is 1.90 bits per heavy atom. The van der Waals surface area contributed by atoms with Crippen LogP contribution in [0.4, 0.5) is 13.2 Å². The summed E-state index contributed by atoms with van der Waals surface area (Å²) >= 11 is 0. The van der Waals surface area contributed by atoms with Gasteiger partial charge in [0.25, 0.3) is 11.5 Å². The second-order valence-electron chi connectivity index (χ2n) is 7.07. The van der Waals surface area contributed by atoms with Crippen molar-refractivity contribution in [3.63, 3.8) is 0 Å². The normalized spacial score (nSPS) is 15.8. The van der Waals surface area contributed by atoms with Gasteiger partial charge in [0.1, 0.15) is 0 Å². The smallest absolute Gasteiger partial charge is 0.339 e. The molecule has 1 aliphatic heterocycles. The summed E-state index contributed by atoms with van der Waals surface area (Å²) in [4.78, 5) is 33.5. The van der Waals surface area contributed by atoms with E-state index in [1.54, 1.807) is 31.2 Å². The molecule has 0 aliphatic carbocycles. The van der Waals surface area contributed by atoms with Gasteiger partial charge in [-0.3, -0.25) is 14.6 Å². The molecule has 0 atom stereocenters. The first-order chi connectivity index (χ1) is 13.8. The Balaban J connectivity index is 1.60. The van der Waals surface area contributed by atoms with Crippen LogP contribution in [0, 0.1) is 12.8 Å². The van der Waals surface area contributed by atoms with Crippen molar-refractivity contribution in [2.45, 2.75) is 25.9 Å². The predicted molar refractivity (Wildman–Crippen MR) is 98.9 cm³/mol. The molecule has 10 heteroatoms. The molecule has 2 aromatic heterocycles. The van der Waals surface area contributed by atoms with Crippen LogP contribution in [0.5, 0.6) is 0 Å². The standard InChI is InChI=1S/C19H18F3N5O2/c1-11-14(17(29)26-8-6-12(7-9-26)19(20,21)22)10-23-27(11)18-24-15-5-3-2-4-13(15)16(28)25-18/h2-5,10,12H,6-9H2,1H3,(H,24,25,28). The van der Waals surface area contributed by atoms with Gasteiger partial charge < -0.3 is 4.90 Å². The average Bonchev–Trinajstić information content (AvgIpc) is 3.08. The molecule has 0 spiro atoms. The van der Waals surface area contributed by atoms with Crippen molar-refractivity contribution in [3.05, 3.63) is 52.1 Å². The van der Waals surface area contributed by atoms with E-state index < -0.39 is 12.1 Å². The number of nitrogens with one attached hydrogen (secondary N) is 1. The van der Waals surface area contributed by atoms with Crippen LogP contribution in [0.3, 0.4) is 0 Å². The van der Waals surface area contributed by atoms with Gasteiger partial charge in [0.15, 0.2) is 0 Å². The van der Waals surface area contributed by atoms with E-state index in [1.165, 1.54) is 15.8 Å². The molecule has 7 nitrogen and oxygen atoms in total. The molecule has 1 saturated heterocycles. The van der Waals surface area contributed by atoms with Gasteiger partial charge in [-0.1, -0.05) is 12.1 Å². The Morgan fingerprint density at radius 3 is 2.59 bits per heavy atom. The maximum absolute atomic E-state index is 12.8. The lowest BCUT2D eigenvalue weighted by Crippen LogP contribution is -2.42. The predicted octanol–water partition coefficient (Wildman–Crippen LogP) is 2.83. The van der Waals surface area contributed by atoms with Crippen molar-refractivity contribution < 1.29 is 18.0 Å². The molecular weight excluding hydrogens is 387 g/mol. The number of aromatic nitrogens is 4. The quantitative estimate of drug-likeness (QED) is 0.711. The van der Waals surface area contributed by atoms with Crippen LogP contribution < -0.4 is 5.56 Å². The van der Waals surface area contributed by atoms with Crippen molar-refractivity contribution in [1.82, 2.24) is 24.6 Å². The van der Waals surface area contributed by atoms with E-state index in [9.17, 15) is 22.8 Å². The lowest BCUT2D eigenvalue weighted by molar-refractivity contribution is -0.183. The monoisotopic (exact) mass is 405 g/mol. The third kappa shape index (κ3) is 3.50. The maximum Gasteiger partial charge on any atom is 0.391 e. The van der Waals surface area contributed by atoms with Gasteiger partial charge in [-0.15, -0.1) is 0 Å². The summed E-state index contributed by atoms with van der Waals surface area (Å²) in [7, 11) is 0. The first kappa shape index (κ1) is 19.2. The van der Waals surface area contributed by atoms with Crippen LogP contribution in [0.1, 0.15) is 28.9 Å². The Labute approximate surface area is 163 Å². The zero-order valence-electron chi connectivity index (χ0n) is 15.5. The number of piperidine rings is 1. The van der Waals surface area contributed by atoms with Crippen LogP contribution in [-0.2, 0) is 0 Å². The highest BCUT2D eigenvalue weighted by Crippen LogP contribution is 2.34. The number of hydrogen-bond acceptors (Lipinski definition) is 4. The van der Waals surface area contributed by atoms with Crippen molar-refractivity contribution >= 4 is 16.8 Å². The minimum atomic E-state index is -4.23. The van der Waals surface area contributed by atoms with Crippen molar-refractivity contribution in [2.75, 3.05) is 13.1 Å². The number of benzene rings is 1. The largest absolute Gasteiger partial charge is 0.391 e. The van der Waals surface area contributed by atoms with Gasteiger partial charge in [0, 0.05) is 13.1 Å². The van der Waals surface area contributed by atoms with Crippen LogP contribution in [-0.4, -0.2) is 49.8 Å². The molecule has 152 valence electrons. The summed E-state index contributed by atoms with van der Waals surface area (Å²) in [5, 5.41) is 4.60. The fourth-order valence-corrected chi connectivity index (χ4v) is 3.59. The van der Waals surface area contributed by atoms with Crippen molar-refractivity contribution in [1.29, 1.82) is 0 Å². The maximum atomic E-state index is 12.8. The van der Waals surface area contributed by atoms with E-state index in [2.05, 4.69) is 15.1 Å². The minimum absolute atomic E-state index is 0.0404. The number of halogens is 3. The average molecular weight is 405 g/mol. The topological polar surface area (TPSA) is 83.9 Å². The summed E-state index contributed by atoms with van der Waals surface area (Å²) in [5.41, 5.74) is 0.878. The summed E-state index contributed by atoms with van der Waals surface area (Å²) < 4.78 is 39.9. The fraction of sp³-hybridized carbons (Fsp3) is 0.368. The van der Waals surface area contributed by atoms with Crippen LogP contribution in [0.2, 0.25) is 0 Å². The zero-order chi connectivity index (χ0) is 20.8. The summed E-state index contributed by atoms with van der Waals surface area (Å²) in [6.45, 7) is 1.73. The van der Waals surface area contributed by atoms with Gasteiger partial charge in [0.05, 0.1) is 34.3 Å². The number of carbonyl (C=O) groups is 1. The van der Waals surface area contributed by atoms with E-state index in [0.29, 0.717) is 16.6 Å². The Kier molecular flexibility index (Phi) is 4.64. The van der Waals surface area contributed by atoms with Gasteiger partial charge >= 0.3 is 6.18 Å². The molecule has 1 aromatic carbocycles. The number of carbonyl (C=O) groups excluding carboxylic acids is 1. The summed E-state index contributed by atoms with van der Waals surface area (Å²) in [6, 6.07) is 6.84. The highest BCUT2D eigenvalue weighted by molar-refractivity contribution is 5.95. The SMILES string of the molecule is Cc1c(C(=O)N2CCC(C(F)(F)F)CC2)cnn1-c1nc2ccccc2c(=O)[nH]1. The number of likely N-dealkylation sites (tertiary alicyclic amines) is 1. The molecule has 3 heterocycles. The molecule has 1 fully saturated rings. The molecule has 1 amide bonds. The number of fused-ring (bicyclic) bond motifs is 1. The number of nitrogens with zero attached hydrogens (tertiary/aromatic N) is 4. The molecule has 4 rings (SSSR count). The second kappa shape index (κ2) is 7.02. The van der Waals surface area contributed by atoms with Gasteiger partial charge in [-0.2, -0.15) is 18.3 Å². The van der Waals surface area contributed by atoms with Crippen molar-refractivity contribution in [2.24, 2.45) is 5.92 Å². The summed E-state index contributed by atoms with van der Waals surface area (Å²) in [6.07, 6.45) is -3.10. The minimum Gasteiger partial charge on any atom is -0.339 e. The first-order valence-corrected chi connectivity index (χ1v) is 9.16. The number of hydrogen-bond donors (Lipinski definition) is 1. The lowest BCUT2D eigenvalue weighted by atomic mass is 9.96. The van der Waals surface area contributed by atoms with E-state index in [4.69, 9.17) is 0 Å². The van der Waals surface area contributed by atoms with Crippen LogP contribution >= 0.6 is 0 Å². The number of rotatable bonds is 2. The number of alkyl halides is 3. The fourth-order valence-electron chi connectivity index (χ4n) is 3.59. The van der Waals surface area contributed by atoms with E-state index in [-0.39, 0.29) is 48.9 Å². The molecule has 0 radical (unpaired) electrons. The molecule has 0 unspecified atom stereocenters. The molecule has 1 N–H and O–H groups in total. The van der Waals surface area contributed by atoms with E-state index in [1.807, 2.05) is 0 Å². The third-order valence-corrected chi connectivity index (χ3v) is 5.29. The van der Waals surface area contributed by atoms with E-state index >= 15 is 0 Å². The van der Waals surface area contributed by atoms with E-state index in [0.717, 1.165) is 0 Å².